The minimum atomic E-state index is -4.42. The quantitative estimate of drug-likeness (QED) is 0.592. The van der Waals surface area contributed by atoms with Crippen LogP contribution in [0.25, 0.3) is 5.69 Å². The van der Waals surface area contributed by atoms with Gasteiger partial charge in [0, 0.05) is 32.4 Å². The lowest BCUT2D eigenvalue weighted by Crippen LogP contribution is -2.49. The van der Waals surface area contributed by atoms with Crippen molar-refractivity contribution < 1.29 is 22.4 Å². The Balaban J connectivity index is 1.42. The Hall–Kier alpha value is -3.43. The largest absolute Gasteiger partial charge is 0.417 e. The molecule has 0 aliphatic carbocycles. The molecule has 1 aromatic carbocycles. The number of anilines is 1. The molecule has 1 aliphatic rings. The summed E-state index contributed by atoms with van der Waals surface area (Å²) in [5.74, 6) is -0.0865. The normalized spacial score (nSPS) is 14.7. The summed E-state index contributed by atoms with van der Waals surface area (Å²) in [5, 5.41) is 4.26. The van der Waals surface area contributed by atoms with E-state index in [1.807, 2.05) is 4.90 Å². The Morgan fingerprint density at radius 3 is 2.23 bits per heavy atom. The van der Waals surface area contributed by atoms with Gasteiger partial charge in [0.25, 0.3) is 5.91 Å². The van der Waals surface area contributed by atoms with Crippen LogP contribution in [-0.2, 0) is 6.18 Å². The van der Waals surface area contributed by atoms with Crippen LogP contribution in [0.2, 0.25) is 0 Å². The van der Waals surface area contributed by atoms with E-state index in [-0.39, 0.29) is 11.7 Å². The number of hydrogen-bond acceptors (Lipinski definition) is 4. The molecule has 3 aromatic rings. The maximum Gasteiger partial charge on any atom is 0.417 e. The van der Waals surface area contributed by atoms with Gasteiger partial charge in [-0.15, -0.1) is 0 Å². The number of halogens is 4. The van der Waals surface area contributed by atoms with E-state index >= 15 is 0 Å². The zero-order valence-electron chi connectivity index (χ0n) is 16.6. The standard InChI is InChI=1S/C21H19F4N5O/c1-14-18(13-27-30(14)17-5-3-16(22)4-6-17)20(31)29-10-8-28(9-11-29)19-7-2-15(12-26-19)21(23,24)25/h2-7,12-13H,8-11H2,1H3. The molecule has 0 saturated carbocycles. The van der Waals surface area contributed by atoms with Crippen LogP contribution in [0.15, 0.2) is 48.8 Å². The summed E-state index contributed by atoms with van der Waals surface area (Å²) in [6.07, 6.45) is -2.11. The molecule has 1 aliphatic heterocycles. The lowest BCUT2D eigenvalue weighted by atomic mass is 10.2. The molecule has 4 rings (SSSR count). The molecule has 1 fully saturated rings. The summed E-state index contributed by atoms with van der Waals surface area (Å²) in [4.78, 5) is 20.4. The lowest BCUT2D eigenvalue weighted by Gasteiger charge is -2.35. The highest BCUT2D eigenvalue weighted by Gasteiger charge is 2.31. The van der Waals surface area contributed by atoms with Crippen LogP contribution >= 0.6 is 0 Å². The van der Waals surface area contributed by atoms with Crippen LogP contribution in [0.5, 0.6) is 0 Å². The smallest absolute Gasteiger partial charge is 0.353 e. The molecule has 0 spiro atoms. The first kappa shape index (κ1) is 20.8. The molecule has 0 unspecified atom stereocenters. The van der Waals surface area contributed by atoms with Crippen molar-refractivity contribution in [2.24, 2.45) is 0 Å². The average molecular weight is 433 g/mol. The van der Waals surface area contributed by atoms with Crippen molar-refractivity contribution in [3.8, 4) is 5.69 Å². The number of carbonyl (C=O) groups is 1. The average Bonchev–Trinajstić information content (AvgIpc) is 3.14. The molecule has 6 nitrogen and oxygen atoms in total. The third-order valence-corrected chi connectivity index (χ3v) is 5.28. The minimum absolute atomic E-state index is 0.175. The lowest BCUT2D eigenvalue weighted by molar-refractivity contribution is -0.137. The van der Waals surface area contributed by atoms with Crippen LogP contribution in [0.3, 0.4) is 0 Å². The second kappa shape index (κ2) is 8.01. The Morgan fingerprint density at radius 1 is 0.968 bits per heavy atom. The number of benzene rings is 1. The molecule has 162 valence electrons. The van der Waals surface area contributed by atoms with Crippen LogP contribution in [0.4, 0.5) is 23.4 Å². The van der Waals surface area contributed by atoms with E-state index in [0.29, 0.717) is 48.9 Å². The van der Waals surface area contributed by atoms with Crippen molar-refractivity contribution in [2.75, 3.05) is 31.1 Å². The van der Waals surface area contributed by atoms with Crippen molar-refractivity contribution in [3.63, 3.8) is 0 Å². The van der Waals surface area contributed by atoms with Gasteiger partial charge in [-0.3, -0.25) is 4.79 Å². The fourth-order valence-electron chi connectivity index (χ4n) is 3.51. The van der Waals surface area contributed by atoms with Gasteiger partial charge < -0.3 is 9.80 Å². The zero-order valence-corrected chi connectivity index (χ0v) is 16.6. The van der Waals surface area contributed by atoms with Gasteiger partial charge in [-0.2, -0.15) is 18.3 Å². The fourth-order valence-corrected chi connectivity index (χ4v) is 3.51. The van der Waals surface area contributed by atoms with Crippen molar-refractivity contribution in [1.29, 1.82) is 0 Å². The third-order valence-electron chi connectivity index (χ3n) is 5.28. The summed E-state index contributed by atoms with van der Waals surface area (Å²) in [6, 6.07) is 8.17. The second-order valence-electron chi connectivity index (χ2n) is 7.21. The Labute approximate surface area is 175 Å². The van der Waals surface area contributed by atoms with E-state index in [2.05, 4.69) is 10.1 Å². The van der Waals surface area contributed by atoms with Gasteiger partial charge in [0.15, 0.2) is 0 Å². The van der Waals surface area contributed by atoms with E-state index < -0.39 is 11.7 Å². The topological polar surface area (TPSA) is 54.3 Å². The van der Waals surface area contributed by atoms with E-state index in [1.54, 1.807) is 28.6 Å². The number of nitrogens with zero attached hydrogens (tertiary/aromatic N) is 5. The van der Waals surface area contributed by atoms with Crippen molar-refractivity contribution in [1.82, 2.24) is 19.7 Å². The molecule has 10 heteroatoms. The number of pyridine rings is 1. The highest BCUT2D eigenvalue weighted by atomic mass is 19.4. The van der Waals surface area contributed by atoms with Gasteiger partial charge in [0.2, 0.25) is 0 Å². The highest BCUT2D eigenvalue weighted by molar-refractivity contribution is 5.95. The van der Waals surface area contributed by atoms with Crippen molar-refractivity contribution in [2.45, 2.75) is 13.1 Å². The maximum absolute atomic E-state index is 13.2. The molecule has 1 saturated heterocycles. The monoisotopic (exact) mass is 433 g/mol. The summed E-state index contributed by atoms with van der Waals surface area (Å²) in [6.45, 7) is 3.49. The predicted octanol–water partition coefficient (Wildman–Crippen LogP) is 3.70. The highest BCUT2D eigenvalue weighted by Crippen LogP contribution is 2.29. The van der Waals surface area contributed by atoms with Crippen LogP contribution in [0, 0.1) is 12.7 Å². The van der Waals surface area contributed by atoms with E-state index in [0.717, 1.165) is 12.3 Å². The Bertz CT molecular complexity index is 1070. The Morgan fingerprint density at radius 2 is 1.65 bits per heavy atom. The number of alkyl halides is 3. The number of piperazine rings is 1. The maximum atomic E-state index is 13.2. The first-order valence-electron chi connectivity index (χ1n) is 9.62. The van der Waals surface area contributed by atoms with Crippen molar-refractivity contribution >= 4 is 11.7 Å². The number of aromatic nitrogens is 3. The summed E-state index contributed by atoms with van der Waals surface area (Å²) in [7, 11) is 0. The third kappa shape index (κ3) is 4.23. The van der Waals surface area contributed by atoms with Gasteiger partial charge in [-0.05, 0) is 43.3 Å². The van der Waals surface area contributed by atoms with Crippen LogP contribution < -0.4 is 4.90 Å². The fraction of sp³-hybridized carbons (Fsp3) is 0.286. The number of hydrogen-bond donors (Lipinski definition) is 0. The summed E-state index contributed by atoms with van der Waals surface area (Å²) in [5.41, 5.74) is 0.948. The first-order valence-corrected chi connectivity index (χ1v) is 9.62. The predicted molar refractivity (Wildman–Crippen MR) is 106 cm³/mol. The molecule has 3 heterocycles. The van der Waals surface area contributed by atoms with Crippen LogP contribution in [-0.4, -0.2) is 51.8 Å². The second-order valence-corrected chi connectivity index (χ2v) is 7.21. The molecule has 1 amide bonds. The van der Waals surface area contributed by atoms with E-state index in [4.69, 9.17) is 0 Å². The minimum Gasteiger partial charge on any atom is -0.353 e. The molecule has 31 heavy (non-hydrogen) atoms. The summed E-state index contributed by atoms with van der Waals surface area (Å²) >= 11 is 0. The van der Waals surface area contributed by atoms with E-state index in [9.17, 15) is 22.4 Å². The SMILES string of the molecule is Cc1c(C(=O)N2CCN(c3ccc(C(F)(F)F)cn3)CC2)cnn1-c1ccc(F)cc1. The number of amides is 1. The van der Waals surface area contributed by atoms with E-state index in [1.165, 1.54) is 24.4 Å². The number of carbonyl (C=O) groups excluding carboxylic acids is 1. The van der Waals surface area contributed by atoms with Gasteiger partial charge in [0.05, 0.1) is 28.7 Å². The van der Waals surface area contributed by atoms with Gasteiger partial charge in [-0.25, -0.2) is 14.1 Å². The first-order chi connectivity index (χ1) is 14.7. The van der Waals surface area contributed by atoms with Gasteiger partial charge >= 0.3 is 6.18 Å². The van der Waals surface area contributed by atoms with Gasteiger partial charge in [-0.1, -0.05) is 0 Å². The molecule has 0 bridgehead atoms. The molecule has 0 radical (unpaired) electrons. The molecule has 0 atom stereocenters. The molecule has 0 N–H and O–H groups in total. The summed E-state index contributed by atoms with van der Waals surface area (Å²) < 4.78 is 52.8. The van der Waals surface area contributed by atoms with Gasteiger partial charge in [0.1, 0.15) is 11.6 Å². The zero-order chi connectivity index (χ0) is 22.2. The van der Waals surface area contributed by atoms with Crippen LogP contribution in [0.1, 0.15) is 21.6 Å². The molecular formula is C21H19F4N5O. The number of rotatable bonds is 3. The molecular weight excluding hydrogens is 414 g/mol. The van der Waals surface area contributed by atoms with Crippen molar-refractivity contribution in [3.05, 3.63) is 71.4 Å². The Kier molecular flexibility index (Phi) is 5.38. The molecule has 2 aromatic heterocycles.